The Labute approximate surface area is 219 Å². The number of benzene rings is 4. The van der Waals surface area contributed by atoms with Gasteiger partial charge in [0.15, 0.2) is 17.3 Å². The van der Waals surface area contributed by atoms with Crippen LogP contribution in [-0.4, -0.2) is 17.3 Å². The third-order valence-corrected chi connectivity index (χ3v) is 8.10. The molecule has 7 rings (SSSR count). The van der Waals surface area contributed by atoms with Gasteiger partial charge in [-0.15, -0.1) is 0 Å². The van der Waals surface area contributed by atoms with Crippen molar-refractivity contribution < 1.29 is 19.3 Å². The minimum absolute atomic E-state index is 0.255. The first kappa shape index (κ1) is 22.5. The van der Waals surface area contributed by atoms with Crippen LogP contribution >= 0.6 is 23.2 Å². The number of hydrogen-bond acceptors (Lipinski definition) is 4. The van der Waals surface area contributed by atoms with Gasteiger partial charge in [0.05, 0.1) is 0 Å². The minimum Gasteiger partial charge on any atom is -0.361 e. The average molecular weight is 517 g/mol. The van der Waals surface area contributed by atoms with E-state index in [2.05, 4.69) is 0 Å². The molecule has 0 unspecified atom stereocenters. The quantitative estimate of drug-likeness (QED) is 0.307. The molecule has 4 nitrogen and oxygen atoms in total. The summed E-state index contributed by atoms with van der Waals surface area (Å²) in [6.45, 7) is 0. The van der Waals surface area contributed by atoms with E-state index in [1.165, 1.54) is 0 Å². The lowest BCUT2D eigenvalue weighted by Gasteiger charge is -2.38. The van der Waals surface area contributed by atoms with E-state index in [1.807, 2.05) is 109 Å². The second kappa shape index (κ2) is 7.90. The van der Waals surface area contributed by atoms with E-state index in [1.54, 1.807) is 0 Å². The Morgan fingerprint density at radius 2 is 1.14 bits per heavy atom. The van der Waals surface area contributed by atoms with Crippen molar-refractivity contribution in [2.75, 3.05) is 0 Å². The van der Waals surface area contributed by atoms with Gasteiger partial charge >= 0.3 is 0 Å². The topological polar surface area (TPSA) is 54.5 Å². The number of epoxide rings is 2. The van der Waals surface area contributed by atoms with Crippen LogP contribution in [0.1, 0.15) is 28.4 Å². The van der Waals surface area contributed by atoms with Crippen molar-refractivity contribution in [1.29, 1.82) is 0 Å². The summed E-state index contributed by atoms with van der Waals surface area (Å²) < 4.78 is 19.9. The third-order valence-electron chi connectivity index (χ3n) is 7.59. The Balaban J connectivity index is 1.44. The van der Waals surface area contributed by atoms with Gasteiger partial charge in [-0.25, -0.2) is 0 Å². The lowest BCUT2D eigenvalue weighted by molar-refractivity contribution is -0.291. The van der Waals surface area contributed by atoms with Crippen molar-refractivity contribution >= 4 is 23.2 Å². The maximum absolute atomic E-state index is 12.2. The van der Waals surface area contributed by atoms with Gasteiger partial charge in [0.2, 0.25) is 5.79 Å². The number of fused-ring (bicyclic) bond motifs is 1. The molecule has 0 spiro atoms. The van der Waals surface area contributed by atoms with E-state index in [0.29, 0.717) is 15.6 Å². The van der Waals surface area contributed by atoms with Crippen LogP contribution in [-0.2, 0) is 31.2 Å². The monoisotopic (exact) mass is 516 g/mol. The molecule has 0 aromatic heterocycles. The Hall–Kier alpha value is -2.70. The van der Waals surface area contributed by atoms with E-state index >= 15 is 0 Å². The largest absolute Gasteiger partial charge is 0.361 e. The first-order chi connectivity index (χ1) is 17.5. The smallest absolute Gasteiger partial charge is 0.224 e. The zero-order chi connectivity index (χ0) is 24.5. The van der Waals surface area contributed by atoms with Crippen LogP contribution in [0.4, 0.5) is 0 Å². The summed E-state index contributed by atoms with van der Waals surface area (Å²) in [6, 6.07) is 34.5. The fraction of sp³-hybridized carbons (Fsp3) is 0.200. The second-order valence-electron chi connectivity index (χ2n) is 9.54. The van der Waals surface area contributed by atoms with Crippen LogP contribution in [0.2, 0.25) is 10.0 Å². The molecular weight excluding hydrogens is 495 g/mol. The van der Waals surface area contributed by atoms with Crippen LogP contribution in [0, 0.1) is 0 Å². The predicted octanol–water partition coefficient (Wildman–Crippen LogP) is 6.50. The molecule has 0 amide bonds. The van der Waals surface area contributed by atoms with Gasteiger partial charge in [-0.1, -0.05) is 108 Å². The SMILES string of the molecule is O[C@@]1(c2ccccc2)O[C@](c2ccccc2)([C@@H]2O[C@@H]2c2ccc(Cl)cc2)[C@]2(c3ccc(Cl)cc3)O[C@H]12. The van der Waals surface area contributed by atoms with Gasteiger partial charge in [0.1, 0.15) is 12.2 Å². The maximum Gasteiger partial charge on any atom is 0.224 e. The molecule has 0 saturated carbocycles. The normalized spacial score (nSPS) is 34.2. The van der Waals surface area contributed by atoms with E-state index in [9.17, 15) is 5.11 Å². The predicted molar refractivity (Wildman–Crippen MR) is 137 cm³/mol. The fourth-order valence-corrected chi connectivity index (χ4v) is 6.16. The Kier molecular flexibility index (Phi) is 4.93. The molecule has 3 heterocycles. The van der Waals surface area contributed by atoms with Gasteiger partial charge in [0, 0.05) is 15.6 Å². The van der Waals surface area contributed by atoms with Crippen molar-refractivity contribution in [2.24, 2.45) is 0 Å². The molecule has 4 aromatic carbocycles. The average Bonchev–Trinajstić information content (AvgIpc) is 3.84. The van der Waals surface area contributed by atoms with E-state index in [0.717, 1.165) is 16.7 Å². The number of aliphatic hydroxyl groups is 1. The molecule has 0 radical (unpaired) electrons. The molecule has 0 bridgehead atoms. The summed E-state index contributed by atoms with van der Waals surface area (Å²) in [4.78, 5) is 0. The van der Waals surface area contributed by atoms with E-state index in [4.69, 9.17) is 37.4 Å². The van der Waals surface area contributed by atoms with Crippen LogP contribution < -0.4 is 0 Å². The first-order valence-corrected chi connectivity index (χ1v) is 12.6. The highest BCUT2D eigenvalue weighted by atomic mass is 35.5. The summed E-state index contributed by atoms with van der Waals surface area (Å²) in [5.74, 6) is -1.69. The highest BCUT2D eigenvalue weighted by Crippen LogP contribution is 2.76. The number of hydrogen-bond donors (Lipinski definition) is 1. The molecule has 3 saturated heterocycles. The van der Waals surface area contributed by atoms with Gasteiger partial charge in [0.25, 0.3) is 0 Å². The number of rotatable bonds is 5. The molecule has 3 fully saturated rings. The lowest BCUT2D eigenvalue weighted by atomic mass is 9.72. The summed E-state index contributed by atoms with van der Waals surface area (Å²) in [5, 5.41) is 13.5. The van der Waals surface area contributed by atoms with E-state index in [-0.39, 0.29) is 6.10 Å². The summed E-state index contributed by atoms with van der Waals surface area (Å²) in [6.07, 6.45) is -1.32. The number of halogens is 2. The van der Waals surface area contributed by atoms with Crippen LogP contribution in [0.3, 0.4) is 0 Å². The number of ether oxygens (including phenoxy) is 3. The van der Waals surface area contributed by atoms with Crippen molar-refractivity contribution in [3.05, 3.63) is 141 Å². The van der Waals surface area contributed by atoms with Gasteiger partial charge < -0.3 is 19.3 Å². The minimum atomic E-state index is -1.69. The molecule has 6 heteroatoms. The Morgan fingerprint density at radius 1 is 0.611 bits per heavy atom. The van der Waals surface area contributed by atoms with Gasteiger partial charge in [-0.2, -0.15) is 0 Å². The van der Waals surface area contributed by atoms with Crippen LogP contribution in [0.5, 0.6) is 0 Å². The summed E-state index contributed by atoms with van der Waals surface area (Å²) in [5.41, 5.74) is 1.24. The Morgan fingerprint density at radius 3 is 1.75 bits per heavy atom. The van der Waals surface area contributed by atoms with Crippen LogP contribution in [0.15, 0.2) is 109 Å². The Bertz CT molecular complexity index is 1410. The molecule has 1 N–H and O–H groups in total. The van der Waals surface area contributed by atoms with Crippen molar-refractivity contribution in [3.63, 3.8) is 0 Å². The highest BCUT2D eigenvalue weighted by Gasteiger charge is 2.89. The van der Waals surface area contributed by atoms with Gasteiger partial charge in [-0.3, -0.25) is 0 Å². The third kappa shape index (κ3) is 3.04. The fourth-order valence-electron chi connectivity index (χ4n) is 5.90. The molecule has 180 valence electrons. The highest BCUT2D eigenvalue weighted by molar-refractivity contribution is 6.30. The van der Waals surface area contributed by atoms with Crippen LogP contribution in [0.25, 0.3) is 0 Å². The first-order valence-electron chi connectivity index (χ1n) is 11.9. The molecule has 36 heavy (non-hydrogen) atoms. The lowest BCUT2D eigenvalue weighted by Crippen LogP contribution is -2.47. The standard InChI is InChI=1S/C30H22Cl2O4/c31-23-15-11-19(12-16-23)25-26(34-25)28(20-7-3-1-4-8-20)29(21-13-17-24(32)18-14-21)27(35-29)30(33,36-28)22-9-5-2-6-10-22/h1-18,25-27,33H/t25-,26-,27+,28-,29-,30+/m1/s1. The zero-order valence-corrected chi connectivity index (χ0v) is 20.6. The van der Waals surface area contributed by atoms with Crippen molar-refractivity contribution in [1.82, 2.24) is 0 Å². The summed E-state index contributed by atoms with van der Waals surface area (Å²) in [7, 11) is 0. The second-order valence-corrected chi connectivity index (χ2v) is 10.4. The van der Waals surface area contributed by atoms with E-state index < -0.39 is 29.2 Å². The maximum atomic E-state index is 12.2. The molecule has 0 aliphatic carbocycles. The van der Waals surface area contributed by atoms with Crippen molar-refractivity contribution in [2.45, 2.75) is 35.3 Å². The van der Waals surface area contributed by atoms with Crippen molar-refractivity contribution in [3.8, 4) is 0 Å². The molecule has 4 aromatic rings. The molecule has 6 atom stereocenters. The van der Waals surface area contributed by atoms with Gasteiger partial charge in [-0.05, 0) is 41.0 Å². The molecule has 3 aliphatic heterocycles. The summed E-state index contributed by atoms with van der Waals surface area (Å²) >= 11 is 12.4. The molecular formula is C30H22Cl2O4. The zero-order valence-electron chi connectivity index (χ0n) is 19.1. The molecule has 3 aliphatic rings.